The summed E-state index contributed by atoms with van der Waals surface area (Å²) < 4.78 is 6.22. The monoisotopic (exact) mass is 409 g/mol. The molecule has 1 aromatic carbocycles. The highest BCUT2D eigenvalue weighted by Gasteiger charge is 2.67. The molecule has 4 aliphatic rings. The molecule has 0 unspecified atom stereocenters. The Morgan fingerprint density at radius 3 is 2.80 bits per heavy atom. The smallest absolute Gasteiger partial charge is 0.242 e. The first-order valence-electron chi connectivity index (χ1n) is 10.7. The molecule has 3 saturated heterocycles. The molecular weight excluding hydrogens is 382 g/mol. The molecule has 0 aliphatic carbocycles. The Labute approximate surface area is 176 Å². The number of carbonyl (C=O) groups is 3. The van der Waals surface area contributed by atoms with Gasteiger partial charge in [0, 0.05) is 26.2 Å². The van der Waals surface area contributed by atoms with E-state index in [1.807, 2.05) is 49.1 Å². The van der Waals surface area contributed by atoms with Gasteiger partial charge in [0.15, 0.2) is 0 Å². The van der Waals surface area contributed by atoms with Gasteiger partial charge in [-0.15, -0.1) is 0 Å². The number of rotatable bonds is 4. The van der Waals surface area contributed by atoms with Crippen molar-refractivity contribution in [1.29, 1.82) is 0 Å². The van der Waals surface area contributed by atoms with Crippen LogP contribution in [0.1, 0.15) is 18.1 Å². The van der Waals surface area contributed by atoms with E-state index in [4.69, 9.17) is 4.74 Å². The van der Waals surface area contributed by atoms with Crippen molar-refractivity contribution in [2.45, 2.75) is 32.1 Å². The van der Waals surface area contributed by atoms with Crippen LogP contribution in [0.5, 0.6) is 0 Å². The molecule has 0 N–H and O–H groups in total. The van der Waals surface area contributed by atoms with E-state index in [0.29, 0.717) is 32.7 Å². The number of ether oxygens (including phenoxy) is 1. The Balaban J connectivity index is 1.36. The summed E-state index contributed by atoms with van der Waals surface area (Å²) in [5.41, 5.74) is 1.50. The average molecular weight is 409 g/mol. The topological polar surface area (TPSA) is 70.2 Å². The maximum atomic E-state index is 13.4. The highest BCUT2D eigenvalue weighted by Crippen LogP contribution is 2.52. The fourth-order valence-corrected chi connectivity index (χ4v) is 5.47. The first-order valence-corrected chi connectivity index (χ1v) is 10.7. The second-order valence-corrected chi connectivity index (χ2v) is 8.82. The number of fused-ring (bicyclic) bond motifs is 1. The van der Waals surface area contributed by atoms with Crippen molar-refractivity contribution in [3.63, 3.8) is 0 Å². The number of likely N-dealkylation sites (N-methyl/N-ethyl adjacent to an activating group) is 1. The molecule has 1 spiro atoms. The van der Waals surface area contributed by atoms with Gasteiger partial charge in [0.25, 0.3) is 0 Å². The largest absolute Gasteiger partial charge is 0.360 e. The third-order valence-corrected chi connectivity index (χ3v) is 6.93. The second-order valence-electron chi connectivity index (χ2n) is 8.82. The van der Waals surface area contributed by atoms with Crippen LogP contribution in [0.3, 0.4) is 0 Å². The number of piperazine rings is 1. The summed E-state index contributed by atoms with van der Waals surface area (Å²) in [5, 5.41) is 0. The summed E-state index contributed by atoms with van der Waals surface area (Å²) in [5.74, 6) is -1.26. The molecular formula is C23H27N3O4. The van der Waals surface area contributed by atoms with Gasteiger partial charge < -0.3 is 19.4 Å². The van der Waals surface area contributed by atoms with Gasteiger partial charge in [-0.1, -0.05) is 42.0 Å². The Kier molecular flexibility index (Phi) is 4.47. The van der Waals surface area contributed by atoms with Crippen molar-refractivity contribution in [1.82, 2.24) is 14.7 Å². The van der Waals surface area contributed by atoms with E-state index in [0.717, 1.165) is 11.1 Å². The normalized spacial score (nSPS) is 32.3. The molecule has 5 rings (SSSR count). The molecule has 1 aromatic rings. The van der Waals surface area contributed by atoms with Crippen LogP contribution in [0.2, 0.25) is 0 Å². The number of amides is 3. The third-order valence-electron chi connectivity index (χ3n) is 6.93. The third kappa shape index (κ3) is 2.87. The molecule has 4 aliphatic heterocycles. The minimum absolute atomic E-state index is 0.0276. The predicted octanol–water partition coefficient (Wildman–Crippen LogP) is 0.968. The number of likely N-dealkylation sites (tertiary alicyclic amines) is 1. The molecule has 3 amide bonds. The van der Waals surface area contributed by atoms with Crippen molar-refractivity contribution >= 4 is 17.7 Å². The SMILES string of the molecule is CCN1CCN(C(=O)[C@@H]2[C@@H]3C=C[C@@]4(CN(Cc5cccc(C)c5)C(=O)[C@H]24)O3)CC1=O. The Morgan fingerprint density at radius 1 is 1.23 bits per heavy atom. The lowest BCUT2D eigenvalue weighted by Gasteiger charge is -2.36. The van der Waals surface area contributed by atoms with Crippen molar-refractivity contribution in [2.75, 3.05) is 32.7 Å². The quantitative estimate of drug-likeness (QED) is 0.695. The van der Waals surface area contributed by atoms with Crippen LogP contribution in [-0.2, 0) is 25.7 Å². The second kappa shape index (κ2) is 6.94. The summed E-state index contributed by atoms with van der Waals surface area (Å²) >= 11 is 0. The van der Waals surface area contributed by atoms with Gasteiger partial charge in [0.1, 0.15) is 5.60 Å². The number of hydrogen-bond donors (Lipinski definition) is 0. The van der Waals surface area contributed by atoms with Gasteiger partial charge in [-0.2, -0.15) is 0 Å². The zero-order valence-corrected chi connectivity index (χ0v) is 17.4. The minimum Gasteiger partial charge on any atom is -0.360 e. The molecule has 0 aromatic heterocycles. The van der Waals surface area contributed by atoms with Crippen LogP contribution in [0.15, 0.2) is 36.4 Å². The Morgan fingerprint density at radius 2 is 2.07 bits per heavy atom. The lowest BCUT2D eigenvalue weighted by Crippen LogP contribution is -2.55. The van der Waals surface area contributed by atoms with E-state index < -0.39 is 17.4 Å². The molecule has 7 heteroatoms. The van der Waals surface area contributed by atoms with Gasteiger partial charge >= 0.3 is 0 Å². The van der Waals surface area contributed by atoms with Crippen LogP contribution in [-0.4, -0.2) is 76.9 Å². The molecule has 7 nitrogen and oxygen atoms in total. The van der Waals surface area contributed by atoms with Crippen LogP contribution < -0.4 is 0 Å². The van der Waals surface area contributed by atoms with E-state index in [9.17, 15) is 14.4 Å². The Hall–Kier alpha value is -2.67. The van der Waals surface area contributed by atoms with E-state index >= 15 is 0 Å². The van der Waals surface area contributed by atoms with Gasteiger partial charge in [-0.3, -0.25) is 14.4 Å². The van der Waals surface area contributed by atoms with E-state index in [-0.39, 0.29) is 30.4 Å². The maximum Gasteiger partial charge on any atom is 0.242 e. The molecule has 0 radical (unpaired) electrons. The van der Waals surface area contributed by atoms with Gasteiger partial charge in [-0.05, 0) is 19.4 Å². The molecule has 3 fully saturated rings. The van der Waals surface area contributed by atoms with Crippen molar-refractivity contribution < 1.29 is 19.1 Å². The first-order chi connectivity index (χ1) is 14.4. The summed E-state index contributed by atoms with van der Waals surface area (Å²) in [7, 11) is 0. The van der Waals surface area contributed by atoms with Crippen LogP contribution in [0, 0.1) is 18.8 Å². The molecule has 158 valence electrons. The number of aryl methyl sites for hydroxylation is 1. The molecule has 2 bridgehead atoms. The first kappa shape index (κ1) is 19.3. The zero-order chi connectivity index (χ0) is 21.0. The van der Waals surface area contributed by atoms with Crippen molar-refractivity contribution in [3.8, 4) is 0 Å². The average Bonchev–Trinajstić information content (AvgIpc) is 3.36. The number of nitrogens with zero attached hydrogens (tertiary/aromatic N) is 3. The summed E-state index contributed by atoms with van der Waals surface area (Å²) in [4.78, 5) is 44.3. The van der Waals surface area contributed by atoms with E-state index in [1.54, 1.807) is 9.80 Å². The molecule has 4 atom stereocenters. The van der Waals surface area contributed by atoms with Crippen molar-refractivity contribution in [3.05, 3.63) is 47.5 Å². The molecule has 4 heterocycles. The summed E-state index contributed by atoms with van der Waals surface area (Å²) in [6.07, 6.45) is 3.51. The predicted molar refractivity (Wildman–Crippen MR) is 109 cm³/mol. The highest BCUT2D eigenvalue weighted by molar-refractivity contribution is 5.94. The lowest BCUT2D eigenvalue weighted by molar-refractivity contribution is -0.150. The van der Waals surface area contributed by atoms with Gasteiger partial charge in [0.2, 0.25) is 17.7 Å². The lowest BCUT2D eigenvalue weighted by atomic mass is 9.76. The maximum absolute atomic E-state index is 13.4. The minimum atomic E-state index is -0.721. The van der Waals surface area contributed by atoms with Gasteiger partial charge in [-0.25, -0.2) is 0 Å². The fraction of sp³-hybridized carbons (Fsp3) is 0.522. The fourth-order valence-electron chi connectivity index (χ4n) is 5.47. The van der Waals surface area contributed by atoms with E-state index in [1.165, 1.54) is 0 Å². The van der Waals surface area contributed by atoms with Crippen LogP contribution in [0.25, 0.3) is 0 Å². The molecule has 30 heavy (non-hydrogen) atoms. The standard InChI is InChI=1S/C23H27N3O4/c1-3-24-9-10-25(13-18(24)27)21(28)19-17-7-8-23(30-17)14-26(22(29)20(19)23)12-16-6-4-5-15(2)11-16/h4-8,11,17,19-20H,3,9-10,12-14H2,1-2H3/t17-,19+,20-,23-/m0/s1. The van der Waals surface area contributed by atoms with Crippen molar-refractivity contribution in [2.24, 2.45) is 11.8 Å². The number of hydrogen-bond acceptors (Lipinski definition) is 4. The highest BCUT2D eigenvalue weighted by atomic mass is 16.5. The Bertz CT molecular complexity index is 944. The van der Waals surface area contributed by atoms with Gasteiger partial charge in [0.05, 0.1) is 31.0 Å². The zero-order valence-electron chi connectivity index (χ0n) is 17.4. The van der Waals surface area contributed by atoms with Crippen LogP contribution in [0.4, 0.5) is 0 Å². The van der Waals surface area contributed by atoms with E-state index in [2.05, 4.69) is 6.07 Å². The number of benzene rings is 1. The summed E-state index contributed by atoms with van der Waals surface area (Å²) in [6.45, 7) is 6.72. The summed E-state index contributed by atoms with van der Waals surface area (Å²) in [6, 6.07) is 8.12. The number of carbonyl (C=O) groups excluding carboxylic acids is 3. The molecule has 0 saturated carbocycles. The van der Waals surface area contributed by atoms with Crippen LogP contribution >= 0.6 is 0 Å².